The molecule has 0 spiro atoms. The lowest BCUT2D eigenvalue weighted by molar-refractivity contribution is 0.324. The highest BCUT2D eigenvalue weighted by molar-refractivity contribution is 6.20. The molecular weight excluding hydrogens is 268 g/mol. The highest BCUT2D eigenvalue weighted by Crippen LogP contribution is 2.39. The van der Waals surface area contributed by atoms with Gasteiger partial charge in [-0.3, -0.25) is 4.68 Å². The van der Waals surface area contributed by atoms with Crippen LogP contribution in [0.25, 0.3) is 0 Å². The summed E-state index contributed by atoms with van der Waals surface area (Å²) in [4.78, 5) is 0. The number of benzene rings is 1. The molecule has 1 fully saturated rings. The first-order valence-electron chi connectivity index (χ1n) is 7.40. The molecule has 1 saturated carbocycles. The van der Waals surface area contributed by atoms with Crippen LogP contribution in [0.1, 0.15) is 36.4 Å². The molecule has 20 heavy (non-hydrogen) atoms. The standard InChI is InChI=1S/C17H21ClN2/c1-20-10-9-16(19-20)12-15-11-14(7-8-17(15)18)13-5-3-2-4-6-13/h2-6,9-10,14-15,17H,7-8,11-12H2,1H3. The minimum absolute atomic E-state index is 0.289. The number of rotatable bonds is 3. The number of aromatic nitrogens is 2. The van der Waals surface area contributed by atoms with Crippen LogP contribution in [0.5, 0.6) is 0 Å². The average Bonchev–Trinajstić information content (AvgIpc) is 2.88. The van der Waals surface area contributed by atoms with Crippen molar-refractivity contribution in [3.8, 4) is 0 Å². The maximum atomic E-state index is 6.56. The highest BCUT2D eigenvalue weighted by Gasteiger charge is 2.30. The molecule has 3 atom stereocenters. The molecule has 0 bridgehead atoms. The van der Waals surface area contributed by atoms with Gasteiger partial charge in [0.1, 0.15) is 0 Å². The van der Waals surface area contributed by atoms with Crippen LogP contribution in [-0.4, -0.2) is 15.2 Å². The van der Waals surface area contributed by atoms with Crippen molar-refractivity contribution in [3.05, 3.63) is 53.9 Å². The van der Waals surface area contributed by atoms with Gasteiger partial charge >= 0.3 is 0 Å². The molecule has 1 aliphatic carbocycles. The Labute approximate surface area is 125 Å². The first-order chi connectivity index (χ1) is 9.72. The van der Waals surface area contributed by atoms with Crippen LogP contribution < -0.4 is 0 Å². The van der Waals surface area contributed by atoms with Gasteiger partial charge in [0.15, 0.2) is 0 Å². The van der Waals surface area contributed by atoms with E-state index < -0.39 is 0 Å². The van der Waals surface area contributed by atoms with Crippen molar-refractivity contribution < 1.29 is 0 Å². The summed E-state index contributed by atoms with van der Waals surface area (Å²) in [6.07, 6.45) is 6.50. The molecule has 0 aliphatic heterocycles. The Bertz CT molecular complexity index is 549. The van der Waals surface area contributed by atoms with Crippen LogP contribution in [0.2, 0.25) is 0 Å². The van der Waals surface area contributed by atoms with Crippen molar-refractivity contribution in [1.29, 1.82) is 0 Å². The molecule has 0 saturated heterocycles. The third kappa shape index (κ3) is 3.06. The quantitative estimate of drug-likeness (QED) is 0.776. The summed E-state index contributed by atoms with van der Waals surface area (Å²) in [6.45, 7) is 0. The smallest absolute Gasteiger partial charge is 0.0627 e. The predicted octanol–water partition coefficient (Wildman–Crippen LogP) is 4.15. The third-order valence-electron chi connectivity index (χ3n) is 4.40. The maximum absolute atomic E-state index is 6.56. The lowest BCUT2D eigenvalue weighted by atomic mass is 9.76. The summed E-state index contributed by atoms with van der Waals surface area (Å²) < 4.78 is 1.87. The van der Waals surface area contributed by atoms with Gasteiger partial charge in [-0.05, 0) is 49.1 Å². The lowest BCUT2D eigenvalue weighted by Crippen LogP contribution is -2.26. The van der Waals surface area contributed by atoms with E-state index in [1.807, 2.05) is 17.9 Å². The van der Waals surface area contributed by atoms with Gasteiger partial charge in [-0.15, -0.1) is 11.6 Å². The van der Waals surface area contributed by atoms with E-state index in [1.54, 1.807) is 0 Å². The molecule has 1 heterocycles. The minimum Gasteiger partial charge on any atom is -0.276 e. The number of halogens is 1. The zero-order valence-electron chi connectivity index (χ0n) is 11.9. The van der Waals surface area contributed by atoms with E-state index in [0.717, 1.165) is 18.5 Å². The van der Waals surface area contributed by atoms with Crippen LogP contribution in [-0.2, 0) is 13.5 Å². The summed E-state index contributed by atoms with van der Waals surface area (Å²) in [5.74, 6) is 1.19. The van der Waals surface area contributed by atoms with E-state index in [4.69, 9.17) is 11.6 Å². The summed E-state index contributed by atoms with van der Waals surface area (Å²) in [6, 6.07) is 13.0. The van der Waals surface area contributed by atoms with Gasteiger partial charge in [0.05, 0.1) is 5.69 Å². The number of alkyl halides is 1. The Morgan fingerprint density at radius 2 is 2.00 bits per heavy atom. The fourth-order valence-corrected chi connectivity index (χ4v) is 3.62. The molecule has 0 N–H and O–H groups in total. The monoisotopic (exact) mass is 288 g/mol. The van der Waals surface area contributed by atoms with Gasteiger partial charge in [-0.25, -0.2) is 0 Å². The van der Waals surface area contributed by atoms with Crippen molar-refractivity contribution >= 4 is 11.6 Å². The van der Waals surface area contributed by atoms with Crippen LogP contribution in [0, 0.1) is 5.92 Å². The molecule has 0 amide bonds. The summed E-state index contributed by atoms with van der Waals surface area (Å²) in [7, 11) is 1.97. The van der Waals surface area contributed by atoms with Crippen LogP contribution in [0.3, 0.4) is 0 Å². The SMILES string of the molecule is Cn1ccc(CC2CC(c3ccccc3)CCC2Cl)n1. The molecule has 106 valence electrons. The average molecular weight is 289 g/mol. The number of hydrogen-bond acceptors (Lipinski definition) is 1. The fraction of sp³-hybridized carbons (Fsp3) is 0.471. The van der Waals surface area contributed by atoms with Crippen LogP contribution in [0.15, 0.2) is 42.6 Å². The topological polar surface area (TPSA) is 17.8 Å². The predicted molar refractivity (Wildman–Crippen MR) is 83.1 cm³/mol. The third-order valence-corrected chi connectivity index (χ3v) is 4.98. The zero-order valence-corrected chi connectivity index (χ0v) is 12.6. The van der Waals surface area contributed by atoms with Gasteiger partial charge in [-0.1, -0.05) is 30.3 Å². The van der Waals surface area contributed by atoms with Crippen molar-refractivity contribution in [2.24, 2.45) is 13.0 Å². The highest BCUT2D eigenvalue weighted by atomic mass is 35.5. The number of hydrogen-bond donors (Lipinski definition) is 0. The Hall–Kier alpha value is -1.28. The van der Waals surface area contributed by atoms with Crippen LogP contribution in [0.4, 0.5) is 0 Å². The van der Waals surface area contributed by atoms with E-state index in [1.165, 1.54) is 18.4 Å². The van der Waals surface area contributed by atoms with E-state index >= 15 is 0 Å². The van der Waals surface area contributed by atoms with E-state index in [9.17, 15) is 0 Å². The first kappa shape index (κ1) is 13.7. The van der Waals surface area contributed by atoms with E-state index in [-0.39, 0.29) is 5.38 Å². The van der Waals surface area contributed by atoms with Crippen molar-refractivity contribution in [2.45, 2.75) is 37.0 Å². The summed E-state index contributed by atoms with van der Waals surface area (Å²) in [5.41, 5.74) is 2.62. The number of nitrogens with zero attached hydrogens (tertiary/aromatic N) is 2. The molecule has 1 aliphatic rings. The van der Waals surface area contributed by atoms with Crippen molar-refractivity contribution in [3.63, 3.8) is 0 Å². The normalized spacial score (nSPS) is 26.6. The van der Waals surface area contributed by atoms with Gasteiger partial charge in [0.25, 0.3) is 0 Å². The summed E-state index contributed by atoms with van der Waals surface area (Å²) in [5, 5.41) is 4.78. The minimum atomic E-state index is 0.289. The maximum Gasteiger partial charge on any atom is 0.0627 e. The molecule has 1 aromatic carbocycles. The van der Waals surface area contributed by atoms with E-state index in [2.05, 4.69) is 41.5 Å². The summed E-state index contributed by atoms with van der Waals surface area (Å²) >= 11 is 6.56. The Morgan fingerprint density at radius 1 is 1.20 bits per heavy atom. The van der Waals surface area contributed by atoms with Gasteiger partial charge in [0, 0.05) is 18.6 Å². The van der Waals surface area contributed by atoms with Gasteiger partial charge in [0.2, 0.25) is 0 Å². The Balaban J connectivity index is 1.70. The Morgan fingerprint density at radius 3 is 2.70 bits per heavy atom. The molecule has 2 aromatic rings. The Kier molecular flexibility index (Phi) is 4.11. The zero-order chi connectivity index (χ0) is 13.9. The van der Waals surface area contributed by atoms with E-state index in [0.29, 0.717) is 11.8 Å². The molecule has 2 nitrogen and oxygen atoms in total. The van der Waals surface area contributed by atoms with Crippen molar-refractivity contribution in [2.75, 3.05) is 0 Å². The second-order valence-electron chi connectivity index (χ2n) is 5.88. The van der Waals surface area contributed by atoms with Gasteiger partial charge in [-0.2, -0.15) is 5.10 Å². The van der Waals surface area contributed by atoms with Crippen LogP contribution >= 0.6 is 11.6 Å². The molecule has 3 heteroatoms. The molecule has 3 unspecified atom stereocenters. The molecule has 3 rings (SSSR count). The molecular formula is C17H21ClN2. The largest absolute Gasteiger partial charge is 0.276 e. The molecule has 1 aromatic heterocycles. The van der Waals surface area contributed by atoms with Crippen molar-refractivity contribution in [1.82, 2.24) is 9.78 Å². The first-order valence-corrected chi connectivity index (χ1v) is 7.83. The second kappa shape index (κ2) is 6.01. The lowest BCUT2D eigenvalue weighted by Gasteiger charge is -2.33. The fourth-order valence-electron chi connectivity index (χ4n) is 3.31. The molecule has 0 radical (unpaired) electrons. The second-order valence-corrected chi connectivity index (χ2v) is 6.44. The van der Waals surface area contributed by atoms with Gasteiger partial charge < -0.3 is 0 Å². The number of aryl methyl sites for hydroxylation is 1.